The minimum Gasteiger partial charge on any atom is -0.495 e. The molecule has 1 unspecified atom stereocenters. The van der Waals surface area contributed by atoms with Gasteiger partial charge < -0.3 is 10.5 Å². The van der Waals surface area contributed by atoms with Gasteiger partial charge >= 0.3 is 0 Å². The van der Waals surface area contributed by atoms with Gasteiger partial charge in [0.15, 0.2) is 0 Å². The van der Waals surface area contributed by atoms with Gasteiger partial charge in [0.1, 0.15) is 6.04 Å². The van der Waals surface area contributed by atoms with Gasteiger partial charge in [0.25, 0.3) is 0 Å². The van der Waals surface area contributed by atoms with E-state index in [1.54, 1.807) is 12.1 Å². The number of benzene rings is 2. The maximum absolute atomic E-state index is 10.1. The number of aliphatic hydroxyl groups excluding tert-OH is 1. The number of aliphatic hydroxyl groups is 1. The average molecular weight is 316 g/mol. The second kappa shape index (κ2) is 5.99. The Morgan fingerprint density at radius 2 is 1.86 bits per heavy atom. The molecule has 1 heterocycles. The predicted octanol–water partition coefficient (Wildman–Crippen LogP) is 4.72. The Morgan fingerprint density at radius 3 is 2.55 bits per heavy atom. The molecule has 0 spiro atoms. The number of hydrogen-bond acceptors (Lipinski definition) is 3. The van der Waals surface area contributed by atoms with E-state index in [0.29, 0.717) is 10.9 Å². The lowest BCUT2D eigenvalue weighted by atomic mass is 9.98. The third kappa shape index (κ3) is 2.93. The van der Waals surface area contributed by atoms with Crippen LogP contribution in [0.3, 0.4) is 0 Å². The van der Waals surface area contributed by atoms with Crippen molar-refractivity contribution >= 4 is 28.9 Å². The lowest BCUT2D eigenvalue weighted by Gasteiger charge is -2.17. The Bertz CT molecular complexity index is 710. The van der Waals surface area contributed by atoms with Gasteiger partial charge in [-0.2, -0.15) is 0 Å². The number of nitrogens with one attached hydrogen (secondary N) is 2. The number of halogens is 1. The zero-order valence-electron chi connectivity index (χ0n) is 12.5. The molecule has 0 amide bonds. The van der Waals surface area contributed by atoms with Crippen molar-refractivity contribution in [2.24, 2.45) is 4.99 Å². The van der Waals surface area contributed by atoms with Gasteiger partial charge in [-0.1, -0.05) is 37.6 Å². The number of hydrazine groups is 1. The smallest absolute Gasteiger partial charge is 0.210 e. The van der Waals surface area contributed by atoms with Crippen LogP contribution in [0.2, 0.25) is 5.02 Å². The molecule has 0 fully saturated rings. The number of hydrogen-bond donors (Lipinski definition) is 3. The molecule has 114 valence electrons. The summed E-state index contributed by atoms with van der Waals surface area (Å²) in [6.07, 6.45) is 0. The Labute approximate surface area is 134 Å². The third-order valence-electron chi connectivity index (χ3n) is 3.73. The Balaban J connectivity index is 1.79. The van der Waals surface area contributed by atoms with E-state index in [4.69, 9.17) is 11.6 Å². The molecule has 4 nitrogen and oxygen atoms in total. The van der Waals surface area contributed by atoms with Crippen LogP contribution in [0.1, 0.15) is 36.9 Å². The minimum absolute atomic E-state index is 0.0670. The highest BCUT2D eigenvalue weighted by atomic mass is 35.5. The second-order valence-electron chi connectivity index (χ2n) is 5.65. The molecular weight excluding hydrogens is 298 g/mol. The third-order valence-corrected chi connectivity index (χ3v) is 3.98. The summed E-state index contributed by atoms with van der Waals surface area (Å²) < 4.78 is 0. The summed E-state index contributed by atoms with van der Waals surface area (Å²) in [4.78, 5) is 4.21. The molecule has 2 aromatic rings. The number of rotatable bonds is 4. The number of fused-ring (bicyclic) bond motifs is 1. The van der Waals surface area contributed by atoms with Crippen molar-refractivity contribution < 1.29 is 5.11 Å². The van der Waals surface area contributed by atoms with Crippen molar-refractivity contribution in [3.05, 3.63) is 58.6 Å². The average Bonchev–Trinajstić information content (AvgIpc) is 2.81. The normalized spacial score (nSPS) is 16.5. The Morgan fingerprint density at radius 1 is 1.14 bits per heavy atom. The van der Waals surface area contributed by atoms with Crippen LogP contribution in [0.5, 0.6) is 0 Å². The van der Waals surface area contributed by atoms with Crippen molar-refractivity contribution in [1.82, 2.24) is 5.43 Å². The maximum atomic E-state index is 10.1. The van der Waals surface area contributed by atoms with E-state index in [-0.39, 0.29) is 11.9 Å². The van der Waals surface area contributed by atoms with E-state index >= 15 is 0 Å². The summed E-state index contributed by atoms with van der Waals surface area (Å²) in [7, 11) is 0. The standard InChI is InChI=1S/C17H18ClN3O/c1-10(2)11-3-8-15-14(9-11)16(17(22)19-15)21-20-13-6-4-12(18)5-7-13/h3-10,16,20-21H,1-2H3,(H,19,22). The quantitative estimate of drug-likeness (QED) is 0.715. The zero-order valence-corrected chi connectivity index (χ0v) is 13.2. The van der Waals surface area contributed by atoms with Crippen molar-refractivity contribution in [2.75, 3.05) is 5.43 Å². The molecule has 5 heteroatoms. The first-order valence-corrected chi connectivity index (χ1v) is 7.61. The summed E-state index contributed by atoms with van der Waals surface area (Å²) in [6, 6.07) is 13.1. The molecule has 1 atom stereocenters. The molecule has 0 aliphatic carbocycles. The van der Waals surface area contributed by atoms with Crippen molar-refractivity contribution in [3.8, 4) is 0 Å². The molecule has 0 saturated heterocycles. The van der Waals surface area contributed by atoms with Crippen molar-refractivity contribution in [3.63, 3.8) is 0 Å². The Hall–Kier alpha value is -2.04. The molecule has 3 rings (SSSR count). The second-order valence-corrected chi connectivity index (χ2v) is 6.09. The van der Waals surface area contributed by atoms with Crippen molar-refractivity contribution in [2.45, 2.75) is 25.8 Å². The molecule has 2 aromatic carbocycles. The summed E-state index contributed by atoms with van der Waals surface area (Å²) in [6.45, 7) is 4.29. The van der Waals surface area contributed by atoms with Crippen LogP contribution in [0, 0.1) is 0 Å². The van der Waals surface area contributed by atoms with E-state index in [1.165, 1.54) is 5.56 Å². The monoisotopic (exact) mass is 315 g/mol. The molecule has 22 heavy (non-hydrogen) atoms. The zero-order chi connectivity index (χ0) is 15.7. The molecule has 0 saturated carbocycles. The molecule has 0 bridgehead atoms. The largest absolute Gasteiger partial charge is 0.495 e. The molecule has 0 aromatic heterocycles. The SMILES string of the molecule is CC(C)c1ccc2c(c1)C(NNc1ccc(Cl)cc1)C(O)=N2. The number of nitrogens with zero attached hydrogens (tertiary/aromatic N) is 1. The highest BCUT2D eigenvalue weighted by Gasteiger charge is 2.27. The van der Waals surface area contributed by atoms with E-state index in [0.717, 1.165) is 16.9 Å². The van der Waals surface area contributed by atoms with Crippen LogP contribution in [0.15, 0.2) is 47.5 Å². The van der Waals surface area contributed by atoms with E-state index in [1.807, 2.05) is 18.2 Å². The first-order valence-electron chi connectivity index (χ1n) is 7.23. The fourth-order valence-corrected chi connectivity index (χ4v) is 2.55. The summed E-state index contributed by atoms with van der Waals surface area (Å²) in [5.74, 6) is 0.496. The van der Waals surface area contributed by atoms with Gasteiger partial charge in [-0.15, -0.1) is 0 Å². The van der Waals surface area contributed by atoms with Crippen LogP contribution in [-0.4, -0.2) is 11.0 Å². The van der Waals surface area contributed by atoms with Gasteiger partial charge in [0, 0.05) is 16.3 Å². The molecule has 3 N–H and O–H groups in total. The number of anilines is 1. The van der Waals surface area contributed by atoms with Gasteiger partial charge in [0.05, 0.1) is 5.69 Å². The summed E-state index contributed by atoms with van der Waals surface area (Å²) in [5, 5.41) is 10.8. The molecule has 1 aliphatic heterocycles. The minimum atomic E-state index is -0.357. The van der Waals surface area contributed by atoms with Crippen LogP contribution in [0.4, 0.5) is 11.4 Å². The van der Waals surface area contributed by atoms with Crippen molar-refractivity contribution in [1.29, 1.82) is 0 Å². The lowest BCUT2D eigenvalue weighted by molar-refractivity contribution is 0.503. The van der Waals surface area contributed by atoms with Gasteiger partial charge in [-0.3, -0.25) is 0 Å². The van der Waals surface area contributed by atoms with Gasteiger partial charge in [-0.05, 0) is 41.8 Å². The highest BCUT2D eigenvalue weighted by Crippen LogP contribution is 2.35. The molecular formula is C17H18ClN3O. The lowest BCUT2D eigenvalue weighted by Crippen LogP contribution is -2.31. The Kier molecular flexibility index (Phi) is 4.05. The number of aliphatic imine (C=N–C) groups is 1. The van der Waals surface area contributed by atoms with Gasteiger partial charge in [-0.25, -0.2) is 10.4 Å². The van der Waals surface area contributed by atoms with Crippen LogP contribution in [0.25, 0.3) is 0 Å². The van der Waals surface area contributed by atoms with E-state index < -0.39 is 0 Å². The van der Waals surface area contributed by atoms with Crippen LogP contribution in [-0.2, 0) is 0 Å². The fourth-order valence-electron chi connectivity index (χ4n) is 2.42. The summed E-state index contributed by atoms with van der Waals surface area (Å²) in [5.41, 5.74) is 10.1. The van der Waals surface area contributed by atoms with Crippen LogP contribution < -0.4 is 10.9 Å². The maximum Gasteiger partial charge on any atom is 0.210 e. The topological polar surface area (TPSA) is 56.6 Å². The highest BCUT2D eigenvalue weighted by molar-refractivity contribution is 6.30. The first-order chi connectivity index (χ1) is 10.5. The summed E-state index contributed by atoms with van der Waals surface area (Å²) >= 11 is 5.87. The van der Waals surface area contributed by atoms with Crippen LogP contribution >= 0.6 is 11.6 Å². The predicted molar refractivity (Wildman–Crippen MR) is 91.2 cm³/mol. The molecule has 1 aliphatic rings. The molecule has 0 radical (unpaired) electrons. The first kappa shape index (κ1) is 14.9. The van der Waals surface area contributed by atoms with E-state index in [9.17, 15) is 5.11 Å². The van der Waals surface area contributed by atoms with E-state index in [2.05, 4.69) is 41.8 Å². The fraction of sp³-hybridized carbons (Fsp3) is 0.235. The van der Waals surface area contributed by atoms with Gasteiger partial charge in [0.2, 0.25) is 5.90 Å².